The summed E-state index contributed by atoms with van der Waals surface area (Å²) < 4.78 is 0. The minimum absolute atomic E-state index is 0.0563. The minimum atomic E-state index is -0.578. The van der Waals surface area contributed by atoms with Crippen molar-refractivity contribution >= 4 is 11.7 Å². The maximum Gasteiger partial charge on any atom is 0.254 e. The van der Waals surface area contributed by atoms with E-state index in [1.165, 1.54) is 5.56 Å². The Kier molecular flexibility index (Phi) is 3.73. The quantitative estimate of drug-likeness (QED) is 0.848. The van der Waals surface area contributed by atoms with Gasteiger partial charge in [-0.3, -0.25) is 14.5 Å². The molecule has 0 aliphatic carbocycles. The molecular weight excluding hydrogens is 312 g/mol. The van der Waals surface area contributed by atoms with Gasteiger partial charge >= 0.3 is 0 Å². The van der Waals surface area contributed by atoms with Crippen molar-refractivity contribution in [3.63, 3.8) is 0 Å². The molecule has 4 heteroatoms. The van der Waals surface area contributed by atoms with Crippen molar-refractivity contribution in [1.29, 1.82) is 0 Å². The summed E-state index contributed by atoms with van der Waals surface area (Å²) in [6.07, 6.45) is 0. The summed E-state index contributed by atoms with van der Waals surface area (Å²) in [4.78, 5) is 30.3. The molecule has 4 rings (SSSR count). The SMILES string of the molecule is CN1C(=O)c2ccccc2C(=O)[C@@]2(C)CN(Cc3ccccc3)C[C@@H]12. The summed E-state index contributed by atoms with van der Waals surface area (Å²) in [6.45, 7) is 4.19. The number of benzene rings is 2. The van der Waals surface area contributed by atoms with Crippen molar-refractivity contribution in [2.24, 2.45) is 5.41 Å². The Bertz CT molecular complexity index is 833. The highest BCUT2D eigenvalue weighted by molar-refractivity contribution is 6.12. The zero-order valence-electron chi connectivity index (χ0n) is 14.6. The molecule has 2 aliphatic rings. The van der Waals surface area contributed by atoms with Crippen molar-refractivity contribution in [1.82, 2.24) is 9.80 Å². The van der Waals surface area contributed by atoms with Crippen LogP contribution in [0.2, 0.25) is 0 Å². The Labute approximate surface area is 148 Å². The Morgan fingerprint density at radius 3 is 2.36 bits per heavy atom. The highest BCUT2D eigenvalue weighted by Gasteiger charge is 2.53. The van der Waals surface area contributed by atoms with E-state index in [4.69, 9.17) is 0 Å². The number of fused-ring (bicyclic) bond motifs is 2. The summed E-state index contributed by atoms with van der Waals surface area (Å²) in [6, 6.07) is 17.4. The van der Waals surface area contributed by atoms with E-state index in [2.05, 4.69) is 17.0 Å². The second-order valence-electron chi connectivity index (χ2n) is 7.38. The molecule has 2 atom stereocenters. The molecule has 128 valence electrons. The fourth-order valence-corrected chi connectivity index (χ4v) is 4.32. The first-order chi connectivity index (χ1) is 12.0. The molecule has 2 heterocycles. The summed E-state index contributed by atoms with van der Waals surface area (Å²) in [5.74, 6) is 0.0283. The molecule has 0 spiro atoms. The van der Waals surface area contributed by atoms with E-state index in [-0.39, 0.29) is 17.7 Å². The van der Waals surface area contributed by atoms with Gasteiger partial charge in [-0.15, -0.1) is 0 Å². The Morgan fingerprint density at radius 1 is 1.00 bits per heavy atom. The van der Waals surface area contributed by atoms with Crippen LogP contribution in [0, 0.1) is 5.41 Å². The van der Waals surface area contributed by atoms with E-state index >= 15 is 0 Å². The molecule has 2 aliphatic heterocycles. The molecule has 0 radical (unpaired) electrons. The lowest BCUT2D eigenvalue weighted by Gasteiger charge is -2.32. The van der Waals surface area contributed by atoms with Crippen LogP contribution in [0.1, 0.15) is 33.2 Å². The standard InChI is InChI=1S/C21H22N2O2/c1-21-14-23(12-15-8-4-3-5-9-15)13-18(21)22(2)20(25)17-11-7-6-10-16(17)19(21)24/h3-11,18H,12-14H2,1-2H3/t18-,21+/m1/s1. The first kappa shape index (κ1) is 16.0. The smallest absolute Gasteiger partial charge is 0.254 e. The topological polar surface area (TPSA) is 40.6 Å². The van der Waals surface area contributed by atoms with E-state index < -0.39 is 5.41 Å². The number of Topliss-reactive ketones (excluding diaryl/α,β-unsaturated/α-hetero) is 1. The number of hydrogen-bond donors (Lipinski definition) is 0. The van der Waals surface area contributed by atoms with Crippen LogP contribution in [0.4, 0.5) is 0 Å². The molecule has 1 saturated heterocycles. The third-order valence-corrected chi connectivity index (χ3v) is 5.68. The lowest BCUT2D eigenvalue weighted by Crippen LogP contribution is -2.47. The fourth-order valence-electron chi connectivity index (χ4n) is 4.32. The predicted octanol–water partition coefficient (Wildman–Crippen LogP) is 2.85. The number of amides is 1. The van der Waals surface area contributed by atoms with Crippen LogP contribution in [-0.2, 0) is 6.54 Å². The van der Waals surface area contributed by atoms with Gasteiger partial charge in [-0.05, 0) is 18.6 Å². The van der Waals surface area contributed by atoms with Gasteiger partial charge in [0.05, 0.1) is 17.0 Å². The number of nitrogens with zero attached hydrogens (tertiary/aromatic N) is 2. The minimum Gasteiger partial charge on any atom is -0.336 e. The molecule has 4 nitrogen and oxygen atoms in total. The summed E-state index contributed by atoms with van der Waals surface area (Å²) in [7, 11) is 1.83. The first-order valence-electron chi connectivity index (χ1n) is 8.68. The number of carbonyl (C=O) groups excluding carboxylic acids is 2. The van der Waals surface area contributed by atoms with Gasteiger partial charge in [-0.2, -0.15) is 0 Å². The molecule has 1 fully saturated rings. The summed E-state index contributed by atoms with van der Waals surface area (Å²) >= 11 is 0. The Hall–Kier alpha value is -2.46. The number of likely N-dealkylation sites (N-methyl/N-ethyl adjacent to an activating group) is 1. The van der Waals surface area contributed by atoms with Crippen LogP contribution in [0.15, 0.2) is 54.6 Å². The van der Waals surface area contributed by atoms with Gasteiger partial charge in [-0.1, -0.05) is 48.5 Å². The molecule has 1 amide bonds. The third-order valence-electron chi connectivity index (χ3n) is 5.68. The van der Waals surface area contributed by atoms with Crippen LogP contribution in [0.5, 0.6) is 0 Å². The molecule has 25 heavy (non-hydrogen) atoms. The zero-order chi connectivity index (χ0) is 17.6. The number of likely N-dealkylation sites (tertiary alicyclic amines) is 1. The molecule has 0 bridgehead atoms. The molecule has 2 aromatic carbocycles. The first-order valence-corrected chi connectivity index (χ1v) is 8.68. The number of rotatable bonds is 2. The van der Waals surface area contributed by atoms with Crippen LogP contribution >= 0.6 is 0 Å². The van der Waals surface area contributed by atoms with Gasteiger partial charge < -0.3 is 4.90 Å². The average Bonchev–Trinajstić information content (AvgIpc) is 2.95. The number of ketones is 1. The van der Waals surface area contributed by atoms with Crippen LogP contribution in [0.3, 0.4) is 0 Å². The van der Waals surface area contributed by atoms with Crippen LogP contribution in [-0.4, -0.2) is 47.7 Å². The molecular formula is C21H22N2O2. The van der Waals surface area contributed by atoms with Gasteiger partial charge in [0.25, 0.3) is 5.91 Å². The predicted molar refractivity (Wildman–Crippen MR) is 96.5 cm³/mol. The molecule has 0 unspecified atom stereocenters. The maximum atomic E-state index is 13.3. The van der Waals surface area contributed by atoms with E-state index in [1.54, 1.807) is 17.0 Å². The second kappa shape index (κ2) is 5.81. The fraction of sp³-hybridized carbons (Fsp3) is 0.333. The van der Waals surface area contributed by atoms with E-state index in [0.29, 0.717) is 24.2 Å². The monoisotopic (exact) mass is 334 g/mol. The van der Waals surface area contributed by atoms with Gasteiger partial charge in [0.1, 0.15) is 0 Å². The maximum absolute atomic E-state index is 13.3. The van der Waals surface area contributed by atoms with E-state index in [1.807, 2.05) is 44.3 Å². The van der Waals surface area contributed by atoms with Gasteiger partial charge in [0.2, 0.25) is 0 Å². The van der Waals surface area contributed by atoms with Crippen LogP contribution in [0.25, 0.3) is 0 Å². The number of hydrogen-bond acceptors (Lipinski definition) is 3. The highest BCUT2D eigenvalue weighted by atomic mass is 16.2. The molecule has 0 saturated carbocycles. The normalized spacial score (nSPS) is 26.3. The van der Waals surface area contributed by atoms with Crippen molar-refractivity contribution in [2.45, 2.75) is 19.5 Å². The molecule has 0 N–H and O–H groups in total. The van der Waals surface area contributed by atoms with Crippen molar-refractivity contribution < 1.29 is 9.59 Å². The number of carbonyl (C=O) groups is 2. The average molecular weight is 334 g/mol. The van der Waals surface area contributed by atoms with Gasteiger partial charge in [0.15, 0.2) is 5.78 Å². The lowest BCUT2D eigenvalue weighted by molar-refractivity contribution is 0.0606. The third kappa shape index (κ3) is 2.48. The summed E-state index contributed by atoms with van der Waals surface area (Å²) in [5.41, 5.74) is 1.74. The van der Waals surface area contributed by atoms with Crippen molar-refractivity contribution in [3.05, 3.63) is 71.3 Å². The summed E-state index contributed by atoms with van der Waals surface area (Å²) in [5, 5.41) is 0. The second-order valence-corrected chi connectivity index (χ2v) is 7.38. The van der Waals surface area contributed by atoms with Crippen molar-refractivity contribution in [2.75, 3.05) is 20.1 Å². The Morgan fingerprint density at radius 2 is 1.64 bits per heavy atom. The van der Waals surface area contributed by atoms with Crippen LogP contribution < -0.4 is 0 Å². The van der Waals surface area contributed by atoms with E-state index in [9.17, 15) is 9.59 Å². The highest BCUT2D eigenvalue weighted by Crippen LogP contribution is 2.40. The van der Waals surface area contributed by atoms with E-state index in [0.717, 1.165) is 6.54 Å². The molecule has 0 aromatic heterocycles. The largest absolute Gasteiger partial charge is 0.336 e. The lowest BCUT2D eigenvalue weighted by atomic mass is 9.78. The zero-order valence-corrected chi connectivity index (χ0v) is 14.6. The van der Waals surface area contributed by atoms with Gasteiger partial charge in [-0.25, -0.2) is 0 Å². The molecule has 2 aromatic rings. The Balaban J connectivity index is 1.70. The van der Waals surface area contributed by atoms with Crippen molar-refractivity contribution in [3.8, 4) is 0 Å². The van der Waals surface area contributed by atoms with Gasteiger partial charge in [0, 0.05) is 32.2 Å².